The molecule has 40 heteroatoms. The van der Waals surface area contributed by atoms with Crippen LogP contribution in [0.4, 0.5) is 0 Å². The fraction of sp³-hybridized carbons (Fsp3) is 0.136. The molecule has 33 nitrogen and oxygen atoms in total. The van der Waals surface area contributed by atoms with Crippen molar-refractivity contribution in [1.82, 2.24) is 10.2 Å². The summed E-state index contributed by atoms with van der Waals surface area (Å²) in [7, 11) is -15.8. The molecule has 10 rings (SSSR count). The van der Waals surface area contributed by atoms with Gasteiger partial charge in [-0.15, -0.1) is 0 Å². The fourth-order valence-corrected chi connectivity index (χ4v) is 12.4. The van der Waals surface area contributed by atoms with Crippen LogP contribution < -0.4 is 36.7 Å². The summed E-state index contributed by atoms with van der Waals surface area (Å²) in [6, 6.07) is 48.9. The van der Waals surface area contributed by atoms with Crippen molar-refractivity contribution in [2.75, 3.05) is 13.7 Å². The van der Waals surface area contributed by atoms with Gasteiger partial charge in [-0.1, -0.05) is 97.1 Å². The van der Waals surface area contributed by atoms with Crippen LogP contribution >= 0.6 is 10.7 Å². The van der Waals surface area contributed by atoms with Gasteiger partial charge in [0.05, 0.1) is 49.4 Å². The van der Waals surface area contributed by atoms with Gasteiger partial charge in [0.25, 0.3) is 20.9 Å². The molecule has 0 radical (unpaired) electrons. The number of furan rings is 1. The van der Waals surface area contributed by atoms with Crippen LogP contribution in [0.2, 0.25) is 0 Å². The number of amides is 2. The van der Waals surface area contributed by atoms with Crippen molar-refractivity contribution in [3.8, 4) is 0 Å². The summed E-state index contributed by atoms with van der Waals surface area (Å²) >= 11 is 0. The predicted molar refractivity (Wildman–Crippen MR) is 377 cm³/mol. The highest BCUT2D eigenvalue weighted by atomic mass is 35.7. The summed E-state index contributed by atoms with van der Waals surface area (Å²) in [5.41, 5.74) is 10.7. The molecule has 2 atom stereocenters. The summed E-state index contributed by atoms with van der Waals surface area (Å²) in [5, 5.41) is 46.5. The molecule has 0 bridgehead atoms. The molecule has 564 valence electrons. The maximum atomic E-state index is 13.1. The van der Waals surface area contributed by atoms with E-state index in [0.29, 0.717) is 64.8 Å². The number of ether oxygens (including phenoxy) is 1. The van der Waals surface area contributed by atoms with Gasteiger partial charge in [0, 0.05) is 52.3 Å². The Bertz CT molecular complexity index is 5260. The first-order chi connectivity index (χ1) is 49.5. The number of aldehydes is 1. The Morgan fingerprint density at radius 2 is 0.981 bits per heavy atom. The summed E-state index contributed by atoms with van der Waals surface area (Å²) in [5.74, 6) is -2.50. The number of carboxylic acids is 1. The molecule has 0 saturated carbocycles. The number of carbonyl (C=O) groups is 5. The summed E-state index contributed by atoms with van der Waals surface area (Å²) in [6.07, 6.45) is 3.24. The average Bonchev–Trinajstić information content (AvgIpc) is 1.10. The number of fused-ring (bicyclic) bond motifs is 2. The highest BCUT2D eigenvalue weighted by Gasteiger charge is 2.26. The van der Waals surface area contributed by atoms with Gasteiger partial charge in [0.2, 0.25) is 50.1 Å². The van der Waals surface area contributed by atoms with Gasteiger partial charge in [-0.25, -0.2) is 81.0 Å². The molecule has 0 aliphatic carbocycles. The number of nitrogens with one attached hydrogen (secondary N) is 1. The lowest BCUT2D eigenvalue weighted by Gasteiger charge is -2.29. The van der Waals surface area contributed by atoms with E-state index in [1.165, 1.54) is 104 Å². The number of aliphatic hydroxyl groups is 1. The SMILES string of the molecule is COC(=O)[C@@H](N)Cc1cccc(S(N)(=O)=O)c1.NS(=O)(=O)c1cccc(C=O)c1.NS(=O)(=O)c1cccc(CO)c1.NS(=O)(=O)c1cccc(C[C@H](NC(=O)c2ccc3c(c2)CCN(C(=O)c2ccc4ccoc4c2)C3)C(=O)O)c1.NS(=O)(=O)c1ccccc1.O=C=O.O=C=O.O=S(=O)(Cl)c1ccccc1. The second kappa shape index (κ2) is 41.7. The second-order valence-electron chi connectivity index (χ2n) is 21.3. The number of hydrogen-bond acceptors (Lipinski definition) is 25. The first kappa shape index (κ1) is 89.5. The number of halogens is 1. The van der Waals surface area contributed by atoms with E-state index in [2.05, 4.69) is 10.1 Å². The Kier molecular flexibility index (Phi) is 35.2. The zero-order valence-corrected chi connectivity index (χ0v) is 60.8. The van der Waals surface area contributed by atoms with E-state index in [-0.39, 0.29) is 67.0 Å². The van der Waals surface area contributed by atoms with E-state index in [9.17, 15) is 79.6 Å². The first-order valence-electron chi connectivity index (χ1n) is 29.4. The van der Waals surface area contributed by atoms with Gasteiger partial charge in [0.1, 0.15) is 24.0 Å². The van der Waals surface area contributed by atoms with Crippen molar-refractivity contribution >= 4 is 123 Å². The lowest BCUT2D eigenvalue weighted by molar-refractivity contribution is -0.193. The maximum Gasteiger partial charge on any atom is 0.373 e. The highest BCUT2D eigenvalue weighted by molar-refractivity contribution is 8.13. The Balaban J connectivity index is 0.000000361. The molecule has 0 spiro atoms. The highest BCUT2D eigenvalue weighted by Crippen LogP contribution is 2.25. The maximum absolute atomic E-state index is 13.1. The van der Waals surface area contributed by atoms with Crippen LogP contribution in [0, 0.1) is 0 Å². The number of carbonyl (C=O) groups excluding carboxylic acids is 8. The molecule has 1 aliphatic heterocycles. The number of sulfonamides is 5. The fourth-order valence-electron chi connectivity index (χ4n) is 8.78. The molecule has 1 aromatic heterocycles. The van der Waals surface area contributed by atoms with Crippen molar-refractivity contribution in [1.29, 1.82) is 0 Å². The van der Waals surface area contributed by atoms with E-state index < -0.39 is 89.1 Å². The Morgan fingerprint density at radius 3 is 1.42 bits per heavy atom. The topological polar surface area (TPSA) is 593 Å². The zero-order valence-electron chi connectivity index (χ0n) is 55.1. The van der Waals surface area contributed by atoms with Crippen LogP contribution in [0.25, 0.3) is 11.0 Å². The smallest absolute Gasteiger partial charge is 0.373 e. The average molecular weight is 1600 g/mol. The van der Waals surface area contributed by atoms with Crippen molar-refractivity contribution in [2.24, 2.45) is 31.4 Å². The molecule has 0 saturated heterocycles. The second-order valence-corrected chi connectivity index (χ2v) is 31.7. The Hall–Kier alpha value is -10.7. The number of carboxylic acid groups (broad SMARTS) is 1. The van der Waals surface area contributed by atoms with Gasteiger partial charge < -0.3 is 35.3 Å². The number of benzene rings is 8. The van der Waals surface area contributed by atoms with Crippen LogP contribution in [-0.4, -0.2) is 134 Å². The number of aliphatic carboxylic acids is 1. The molecule has 0 fully saturated rings. The van der Waals surface area contributed by atoms with Crippen molar-refractivity contribution < 1.29 is 113 Å². The zero-order chi connectivity index (χ0) is 79.8. The van der Waals surface area contributed by atoms with Gasteiger partial charge in [-0.05, 0) is 144 Å². The van der Waals surface area contributed by atoms with Crippen LogP contribution in [0.3, 0.4) is 0 Å². The van der Waals surface area contributed by atoms with Gasteiger partial charge >= 0.3 is 24.2 Å². The van der Waals surface area contributed by atoms with E-state index in [1.54, 1.807) is 102 Å². The Labute approximate surface area is 612 Å². The predicted octanol–water partition coefficient (Wildman–Crippen LogP) is 2.84. The first-order valence-corrected chi connectivity index (χ1v) is 39.4. The van der Waals surface area contributed by atoms with Crippen molar-refractivity contribution in [3.05, 3.63) is 251 Å². The summed E-state index contributed by atoms with van der Waals surface area (Å²) in [6.45, 7) is 0.652. The molecular weight excluding hydrogens is 1530 g/mol. The largest absolute Gasteiger partial charge is 0.480 e. The molecule has 15 N–H and O–H groups in total. The Morgan fingerprint density at radius 1 is 0.547 bits per heavy atom. The molecule has 9 aromatic rings. The standard InChI is InChI=1S/C28H25N3O7S.C10H14N2O4S.C7H9NO3S.C7H7NO3S.C6H5ClO2S.C6H7NO2S.2CO2/c29-39(36,37)23-3-1-2-17(12-23)13-24(28(34)35)30-26(32)20-5-7-22-16-31(10-8-19(22)14-20)27(33)21-6-4-18-9-11-38-25(18)15-21;1-16-10(13)9(11)6-7-3-2-4-8(5-7)17(12,14)15;2*8-12(10,11)7-3-1-2-6(4-7)5-9;2*7-10(8,9)6-4-2-1-3-5-6;2*2-1-3/h1-7,9,11-12,14-15,24H,8,10,13,16H2,(H,30,32)(H,34,35)(H2,29,36,37);2-5,9H,6,11H2,1H3,(H2,12,14,15);1-4,9H,5H2,(H2,8,10,11);1-5H,(H2,8,10,11);1-5H;1-5H,(H2,7,8,9);;/t24-;9-;;;;;;/m00....../s1. The van der Waals surface area contributed by atoms with Crippen LogP contribution in [0.5, 0.6) is 0 Å². The van der Waals surface area contributed by atoms with Crippen LogP contribution in [0.15, 0.2) is 240 Å². The quantitative estimate of drug-likeness (QED) is 0.0359. The molecule has 2 amide bonds. The molecule has 0 unspecified atom stereocenters. The van der Waals surface area contributed by atoms with Gasteiger partial charge in [0.15, 0.2) is 0 Å². The number of esters is 1. The molecular formula is C66H67ClN8O25S6. The van der Waals surface area contributed by atoms with Crippen molar-refractivity contribution in [3.63, 3.8) is 0 Å². The van der Waals surface area contributed by atoms with E-state index in [4.69, 9.17) is 70.8 Å². The number of aliphatic hydroxyl groups excluding tert-OH is 1. The molecule has 106 heavy (non-hydrogen) atoms. The summed E-state index contributed by atoms with van der Waals surface area (Å²) < 4.78 is 141. The number of nitrogens with zero attached hydrogens (tertiary/aromatic N) is 1. The number of methoxy groups -OCH3 is 1. The summed E-state index contributed by atoms with van der Waals surface area (Å²) in [4.78, 5) is 93.6. The minimum Gasteiger partial charge on any atom is -0.480 e. The lowest BCUT2D eigenvalue weighted by atomic mass is 9.96. The van der Waals surface area contributed by atoms with Crippen LogP contribution in [-0.2, 0) is 125 Å². The third-order valence-electron chi connectivity index (χ3n) is 13.8. The van der Waals surface area contributed by atoms with Crippen LogP contribution in [0.1, 0.15) is 58.9 Å². The van der Waals surface area contributed by atoms with E-state index >= 15 is 0 Å². The number of primary sulfonamides is 5. The third-order valence-corrected chi connectivity index (χ3v) is 19.7. The minimum atomic E-state index is -3.95. The molecule has 1 aliphatic rings. The van der Waals surface area contributed by atoms with Gasteiger partial charge in [-0.3, -0.25) is 19.2 Å². The minimum absolute atomic E-state index is 0.00735. The normalized spacial score (nSPS) is 12.1. The number of hydrogen-bond donors (Lipinski definition) is 9. The number of rotatable bonds is 17. The van der Waals surface area contributed by atoms with E-state index in [0.717, 1.165) is 16.5 Å². The molecule has 2 heterocycles. The third kappa shape index (κ3) is 30.9. The van der Waals surface area contributed by atoms with E-state index in [1.807, 2.05) is 12.1 Å². The molecule has 8 aromatic carbocycles. The van der Waals surface area contributed by atoms with Gasteiger partial charge in [-0.2, -0.15) is 19.2 Å². The van der Waals surface area contributed by atoms with Crippen molar-refractivity contribution in [2.45, 2.75) is 73.9 Å². The monoisotopic (exact) mass is 1600 g/mol. The lowest BCUT2D eigenvalue weighted by Crippen LogP contribution is -2.42. The number of nitrogens with two attached hydrogens (primary N) is 6.